The molecule has 1 spiro atoms. The number of hydrogen-bond donors (Lipinski definition) is 0. The lowest BCUT2D eigenvalue weighted by molar-refractivity contribution is -0.187. The second-order valence-corrected chi connectivity index (χ2v) is 5.55. The summed E-state index contributed by atoms with van der Waals surface area (Å²) < 4.78 is 12.1. The lowest BCUT2D eigenvalue weighted by atomic mass is 9.94. The third-order valence-corrected chi connectivity index (χ3v) is 4.13. The van der Waals surface area contributed by atoms with Crippen LogP contribution in [-0.2, 0) is 15.9 Å². The molecule has 3 rings (SSSR count). The van der Waals surface area contributed by atoms with E-state index in [9.17, 15) is 0 Å². The van der Waals surface area contributed by atoms with Gasteiger partial charge in [0.25, 0.3) is 0 Å². The van der Waals surface area contributed by atoms with Crippen LogP contribution in [0.25, 0.3) is 0 Å². The number of hydrogen-bond acceptors (Lipinski definition) is 2. The summed E-state index contributed by atoms with van der Waals surface area (Å²) in [6.45, 7) is 0.785. The van der Waals surface area contributed by atoms with Gasteiger partial charge in [-0.05, 0) is 31.2 Å². The molecule has 2 aliphatic rings. The van der Waals surface area contributed by atoms with Crippen molar-refractivity contribution in [1.82, 2.24) is 0 Å². The molecule has 1 saturated heterocycles. The molecule has 0 N–H and O–H groups in total. The van der Waals surface area contributed by atoms with Crippen molar-refractivity contribution >= 4 is 0 Å². The van der Waals surface area contributed by atoms with Crippen molar-refractivity contribution < 1.29 is 9.47 Å². The van der Waals surface area contributed by atoms with Crippen LogP contribution in [0.3, 0.4) is 0 Å². The molecular formula is C16H22O2. The molecule has 2 nitrogen and oxygen atoms in total. The first-order valence-electron chi connectivity index (χ1n) is 7.22. The van der Waals surface area contributed by atoms with Crippen LogP contribution < -0.4 is 0 Å². The summed E-state index contributed by atoms with van der Waals surface area (Å²) in [4.78, 5) is 0. The molecule has 1 atom stereocenters. The van der Waals surface area contributed by atoms with Gasteiger partial charge in [-0.15, -0.1) is 0 Å². The lowest BCUT2D eigenvalue weighted by Gasteiger charge is -2.31. The van der Waals surface area contributed by atoms with Crippen molar-refractivity contribution in [2.45, 2.75) is 56.8 Å². The Morgan fingerprint density at radius 2 is 1.83 bits per heavy atom. The molecule has 18 heavy (non-hydrogen) atoms. The quantitative estimate of drug-likeness (QED) is 0.809. The van der Waals surface area contributed by atoms with Crippen LogP contribution in [0.4, 0.5) is 0 Å². The van der Waals surface area contributed by atoms with E-state index >= 15 is 0 Å². The third-order valence-electron chi connectivity index (χ3n) is 4.13. The largest absolute Gasteiger partial charge is 0.347 e. The molecular weight excluding hydrogens is 224 g/mol. The molecule has 0 aromatic heterocycles. The average molecular weight is 246 g/mol. The second kappa shape index (κ2) is 5.41. The Kier molecular flexibility index (Phi) is 3.67. The van der Waals surface area contributed by atoms with Gasteiger partial charge in [-0.3, -0.25) is 0 Å². The van der Waals surface area contributed by atoms with Crippen LogP contribution in [-0.4, -0.2) is 18.5 Å². The summed E-state index contributed by atoms with van der Waals surface area (Å²) in [5.41, 5.74) is 1.39. The van der Waals surface area contributed by atoms with Crippen molar-refractivity contribution in [3.05, 3.63) is 35.9 Å². The molecule has 2 fully saturated rings. The zero-order valence-corrected chi connectivity index (χ0v) is 10.9. The van der Waals surface area contributed by atoms with Crippen LogP contribution in [0.1, 0.15) is 44.1 Å². The molecule has 0 amide bonds. The fraction of sp³-hybridized carbons (Fsp3) is 0.625. The molecule has 0 bridgehead atoms. The maximum atomic E-state index is 6.19. The first-order valence-corrected chi connectivity index (χ1v) is 7.22. The van der Waals surface area contributed by atoms with E-state index in [1.807, 2.05) is 0 Å². The van der Waals surface area contributed by atoms with E-state index in [0.717, 1.165) is 32.3 Å². The highest BCUT2D eigenvalue weighted by Gasteiger charge is 2.41. The highest BCUT2D eigenvalue weighted by Crippen LogP contribution is 2.38. The highest BCUT2D eigenvalue weighted by molar-refractivity contribution is 5.14. The van der Waals surface area contributed by atoms with E-state index in [2.05, 4.69) is 30.3 Å². The van der Waals surface area contributed by atoms with E-state index in [1.54, 1.807) is 0 Å². The Balaban J connectivity index is 1.50. The molecule has 1 aromatic carbocycles. The maximum Gasteiger partial charge on any atom is 0.168 e. The van der Waals surface area contributed by atoms with Gasteiger partial charge in [0.05, 0.1) is 12.7 Å². The molecule has 1 aromatic rings. The molecule has 1 heterocycles. The van der Waals surface area contributed by atoms with Gasteiger partial charge in [0, 0.05) is 12.8 Å². The van der Waals surface area contributed by atoms with Gasteiger partial charge >= 0.3 is 0 Å². The van der Waals surface area contributed by atoms with Gasteiger partial charge in [0.15, 0.2) is 5.79 Å². The Labute approximate surface area is 109 Å². The Hall–Kier alpha value is -0.860. The molecule has 2 heteroatoms. The molecule has 1 unspecified atom stereocenters. The van der Waals surface area contributed by atoms with E-state index in [4.69, 9.17) is 9.47 Å². The van der Waals surface area contributed by atoms with Gasteiger partial charge in [0.2, 0.25) is 0 Å². The van der Waals surface area contributed by atoms with Crippen molar-refractivity contribution in [3.63, 3.8) is 0 Å². The smallest absolute Gasteiger partial charge is 0.168 e. The van der Waals surface area contributed by atoms with Crippen LogP contribution >= 0.6 is 0 Å². The van der Waals surface area contributed by atoms with Gasteiger partial charge in [-0.2, -0.15) is 0 Å². The molecule has 0 radical (unpaired) electrons. The number of rotatable bonds is 3. The van der Waals surface area contributed by atoms with Crippen molar-refractivity contribution in [2.24, 2.45) is 0 Å². The van der Waals surface area contributed by atoms with Gasteiger partial charge in [-0.25, -0.2) is 0 Å². The molecule has 1 aliphatic carbocycles. The molecule has 98 valence electrons. The van der Waals surface area contributed by atoms with Crippen LogP contribution in [0.2, 0.25) is 0 Å². The summed E-state index contributed by atoms with van der Waals surface area (Å²) in [5, 5.41) is 0. The Bertz CT molecular complexity index is 368. The van der Waals surface area contributed by atoms with Crippen molar-refractivity contribution in [2.75, 3.05) is 6.61 Å². The average Bonchev–Trinajstić information content (AvgIpc) is 2.82. The maximum absolute atomic E-state index is 6.19. The van der Waals surface area contributed by atoms with E-state index in [-0.39, 0.29) is 5.79 Å². The summed E-state index contributed by atoms with van der Waals surface area (Å²) in [5.74, 6) is -0.209. The Morgan fingerprint density at radius 3 is 2.61 bits per heavy atom. The Morgan fingerprint density at radius 1 is 1.06 bits per heavy atom. The minimum Gasteiger partial charge on any atom is -0.347 e. The number of aryl methyl sites for hydroxylation is 1. The summed E-state index contributed by atoms with van der Waals surface area (Å²) in [6, 6.07) is 10.6. The lowest BCUT2D eigenvalue weighted by Crippen LogP contribution is -2.33. The SMILES string of the molecule is c1ccc(CCC2COC3(CCCCC3)O2)cc1. The van der Waals surface area contributed by atoms with Crippen LogP contribution in [0, 0.1) is 0 Å². The monoisotopic (exact) mass is 246 g/mol. The van der Waals surface area contributed by atoms with Crippen LogP contribution in [0.15, 0.2) is 30.3 Å². The zero-order valence-electron chi connectivity index (χ0n) is 10.9. The topological polar surface area (TPSA) is 18.5 Å². The molecule has 1 saturated carbocycles. The van der Waals surface area contributed by atoms with Crippen LogP contribution in [0.5, 0.6) is 0 Å². The normalized spacial score (nSPS) is 26.6. The van der Waals surface area contributed by atoms with Gasteiger partial charge in [-0.1, -0.05) is 36.8 Å². The minimum atomic E-state index is -0.209. The predicted molar refractivity (Wildman–Crippen MR) is 71.4 cm³/mol. The zero-order chi connectivity index (χ0) is 12.3. The van der Waals surface area contributed by atoms with Gasteiger partial charge in [0.1, 0.15) is 0 Å². The summed E-state index contributed by atoms with van der Waals surface area (Å²) in [6.07, 6.45) is 8.49. The van der Waals surface area contributed by atoms with E-state index in [1.165, 1.54) is 24.8 Å². The number of ether oxygens (including phenoxy) is 2. The standard InChI is InChI=1S/C16H22O2/c1-3-7-14(8-4-1)9-10-15-13-17-16(18-15)11-5-2-6-12-16/h1,3-4,7-8,15H,2,5-6,9-13H2. The first kappa shape index (κ1) is 12.2. The summed E-state index contributed by atoms with van der Waals surface area (Å²) >= 11 is 0. The predicted octanol–water partition coefficient (Wildman–Crippen LogP) is 3.70. The first-order chi connectivity index (χ1) is 8.86. The van der Waals surface area contributed by atoms with Crippen molar-refractivity contribution in [1.29, 1.82) is 0 Å². The molecule has 1 aliphatic heterocycles. The number of benzene rings is 1. The third kappa shape index (κ3) is 2.76. The second-order valence-electron chi connectivity index (χ2n) is 5.55. The fourth-order valence-corrected chi connectivity index (χ4v) is 3.08. The van der Waals surface area contributed by atoms with Crippen molar-refractivity contribution in [3.8, 4) is 0 Å². The highest BCUT2D eigenvalue weighted by atomic mass is 16.7. The fourth-order valence-electron chi connectivity index (χ4n) is 3.08. The summed E-state index contributed by atoms with van der Waals surface area (Å²) in [7, 11) is 0. The minimum absolute atomic E-state index is 0.209. The van der Waals surface area contributed by atoms with Gasteiger partial charge < -0.3 is 9.47 Å². The van der Waals surface area contributed by atoms with E-state index < -0.39 is 0 Å². The van der Waals surface area contributed by atoms with E-state index in [0.29, 0.717) is 6.10 Å².